The SMILES string of the molecule is CCCCC(=O)N/N=C/c1cc(Br)c(OC(C)C)c(OC)c1. The van der Waals surface area contributed by atoms with Crippen LogP contribution < -0.4 is 14.9 Å². The van der Waals surface area contributed by atoms with Gasteiger partial charge in [-0.15, -0.1) is 0 Å². The van der Waals surface area contributed by atoms with E-state index in [1.807, 2.05) is 32.9 Å². The molecule has 0 aliphatic heterocycles. The molecule has 0 aromatic heterocycles. The van der Waals surface area contributed by atoms with Crippen molar-refractivity contribution in [3.8, 4) is 11.5 Å². The lowest BCUT2D eigenvalue weighted by atomic mass is 10.2. The fourth-order valence-corrected chi connectivity index (χ4v) is 2.29. The summed E-state index contributed by atoms with van der Waals surface area (Å²) >= 11 is 3.47. The molecule has 1 aromatic carbocycles. The van der Waals surface area contributed by atoms with Crippen molar-refractivity contribution in [3.05, 3.63) is 22.2 Å². The molecule has 0 aliphatic rings. The molecule has 22 heavy (non-hydrogen) atoms. The first-order chi connectivity index (χ1) is 10.5. The van der Waals surface area contributed by atoms with Gasteiger partial charge >= 0.3 is 0 Å². The third-order valence-electron chi connectivity index (χ3n) is 2.77. The van der Waals surface area contributed by atoms with Crippen molar-refractivity contribution in [2.75, 3.05) is 7.11 Å². The maximum absolute atomic E-state index is 11.5. The van der Waals surface area contributed by atoms with Gasteiger partial charge in [0.05, 0.1) is 23.9 Å². The van der Waals surface area contributed by atoms with Crippen LogP contribution in [-0.4, -0.2) is 25.3 Å². The van der Waals surface area contributed by atoms with Gasteiger partial charge in [-0.3, -0.25) is 4.79 Å². The summed E-state index contributed by atoms with van der Waals surface area (Å²) in [6, 6.07) is 3.67. The molecule has 1 amide bonds. The van der Waals surface area contributed by atoms with Crippen molar-refractivity contribution in [3.63, 3.8) is 0 Å². The zero-order valence-corrected chi connectivity index (χ0v) is 15.1. The van der Waals surface area contributed by atoms with Gasteiger partial charge in [0.25, 0.3) is 0 Å². The molecular weight excluding hydrogens is 348 g/mol. The highest BCUT2D eigenvalue weighted by atomic mass is 79.9. The molecule has 122 valence electrons. The molecule has 0 aliphatic carbocycles. The van der Waals surface area contributed by atoms with Gasteiger partial charge in [-0.1, -0.05) is 13.3 Å². The van der Waals surface area contributed by atoms with Gasteiger partial charge < -0.3 is 9.47 Å². The van der Waals surface area contributed by atoms with E-state index in [-0.39, 0.29) is 12.0 Å². The number of ether oxygens (including phenoxy) is 2. The molecule has 0 heterocycles. The Morgan fingerprint density at radius 3 is 2.77 bits per heavy atom. The molecule has 0 saturated heterocycles. The van der Waals surface area contributed by atoms with Crippen molar-refractivity contribution in [2.24, 2.45) is 5.10 Å². The van der Waals surface area contributed by atoms with Crippen molar-refractivity contribution < 1.29 is 14.3 Å². The fraction of sp³-hybridized carbons (Fsp3) is 0.500. The topological polar surface area (TPSA) is 59.9 Å². The van der Waals surface area contributed by atoms with Crippen molar-refractivity contribution in [2.45, 2.75) is 46.1 Å². The lowest BCUT2D eigenvalue weighted by molar-refractivity contribution is -0.121. The molecule has 0 radical (unpaired) electrons. The maximum Gasteiger partial charge on any atom is 0.240 e. The van der Waals surface area contributed by atoms with E-state index in [9.17, 15) is 4.79 Å². The molecule has 0 saturated carbocycles. The van der Waals surface area contributed by atoms with Crippen LogP contribution in [0.25, 0.3) is 0 Å². The van der Waals surface area contributed by atoms with Crippen LogP contribution in [0.5, 0.6) is 11.5 Å². The van der Waals surface area contributed by atoms with E-state index in [0.717, 1.165) is 22.9 Å². The minimum absolute atomic E-state index is 0.0440. The standard InChI is InChI=1S/C16H23BrN2O3/c1-5-6-7-15(20)19-18-10-12-8-13(17)16(22-11(2)3)14(9-12)21-4/h8-11H,5-7H2,1-4H3,(H,19,20)/b18-10+. The van der Waals surface area contributed by atoms with Crippen LogP contribution in [0.2, 0.25) is 0 Å². The first-order valence-electron chi connectivity index (χ1n) is 7.34. The number of hydrogen-bond donors (Lipinski definition) is 1. The van der Waals surface area contributed by atoms with E-state index in [4.69, 9.17) is 9.47 Å². The highest BCUT2D eigenvalue weighted by Crippen LogP contribution is 2.36. The van der Waals surface area contributed by atoms with Crippen molar-refractivity contribution in [1.29, 1.82) is 0 Å². The van der Waals surface area contributed by atoms with Crippen LogP contribution in [0.3, 0.4) is 0 Å². The molecule has 0 atom stereocenters. The number of nitrogens with zero attached hydrogens (tertiary/aromatic N) is 1. The minimum atomic E-state index is -0.0797. The number of hydrogen-bond acceptors (Lipinski definition) is 4. The number of rotatable bonds is 8. The predicted molar refractivity (Wildman–Crippen MR) is 91.7 cm³/mol. The van der Waals surface area contributed by atoms with E-state index in [0.29, 0.717) is 17.9 Å². The van der Waals surface area contributed by atoms with E-state index in [1.54, 1.807) is 13.3 Å². The van der Waals surface area contributed by atoms with E-state index in [2.05, 4.69) is 26.5 Å². The molecule has 0 unspecified atom stereocenters. The Morgan fingerprint density at radius 1 is 1.45 bits per heavy atom. The summed E-state index contributed by atoms with van der Waals surface area (Å²) in [5.74, 6) is 1.19. The second-order valence-corrected chi connectivity index (χ2v) is 5.95. The van der Waals surface area contributed by atoms with Gasteiger partial charge in [0.1, 0.15) is 0 Å². The normalized spacial score (nSPS) is 11.0. The van der Waals surface area contributed by atoms with Crippen LogP contribution in [0.15, 0.2) is 21.7 Å². The molecule has 0 spiro atoms. The first kappa shape index (κ1) is 18.5. The van der Waals surface area contributed by atoms with Crippen LogP contribution in [0.1, 0.15) is 45.6 Å². The molecule has 5 nitrogen and oxygen atoms in total. The Bertz CT molecular complexity index is 530. The van der Waals surface area contributed by atoms with Crippen molar-refractivity contribution in [1.82, 2.24) is 5.43 Å². The van der Waals surface area contributed by atoms with Crippen LogP contribution in [0.4, 0.5) is 0 Å². The zero-order valence-electron chi connectivity index (χ0n) is 13.5. The number of halogens is 1. The summed E-state index contributed by atoms with van der Waals surface area (Å²) in [7, 11) is 1.59. The fourth-order valence-electron chi connectivity index (χ4n) is 1.74. The first-order valence-corrected chi connectivity index (χ1v) is 8.13. The quantitative estimate of drug-likeness (QED) is 0.557. The Morgan fingerprint density at radius 2 is 2.18 bits per heavy atom. The van der Waals surface area contributed by atoms with Gasteiger partial charge in [-0.25, -0.2) is 5.43 Å². The zero-order chi connectivity index (χ0) is 16.5. The van der Waals surface area contributed by atoms with Gasteiger partial charge in [-0.05, 0) is 53.9 Å². The van der Waals surface area contributed by atoms with E-state index >= 15 is 0 Å². The lowest BCUT2D eigenvalue weighted by Gasteiger charge is -2.15. The van der Waals surface area contributed by atoms with Gasteiger partial charge in [0.2, 0.25) is 5.91 Å². The third-order valence-corrected chi connectivity index (χ3v) is 3.35. The highest BCUT2D eigenvalue weighted by molar-refractivity contribution is 9.10. The number of hydrazone groups is 1. The molecule has 0 fully saturated rings. The van der Waals surface area contributed by atoms with Gasteiger partial charge in [0, 0.05) is 6.42 Å². The average molecular weight is 371 g/mol. The highest BCUT2D eigenvalue weighted by Gasteiger charge is 2.12. The van der Waals surface area contributed by atoms with Crippen molar-refractivity contribution >= 4 is 28.1 Å². The summed E-state index contributed by atoms with van der Waals surface area (Å²) in [4.78, 5) is 11.5. The third kappa shape index (κ3) is 6.05. The molecule has 1 aromatic rings. The second kappa shape index (κ2) is 9.46. The summed E-state index contributed by atoms with van der Waals surface area (Å²) in [6.07, 6.45) is 3.96. The number of amides is 1. The summed E-state index contributed by atoms with van der Waals surface area (Å²) in [5.41, 5.74) is 3.31. The van der Waals surface area contributed by atoms with E-state index in [1.165, 1.54) is 0 Å². The molecule has 1 N–H and O–H groups in total. The van der Waals surface area contributed by atoms with Crippen LogP contribution in [0, 0.1) is 0 Å². The predicted octanol–water partition coefficient (Wildman–Crippen LogP) is 3.89. The largest absolute Gasteiger partial charge is 0.493 e. The Labute approximate surface area is 140 Å². The molecule has 1 rings (SSSR count). The van der Waals surface area contributed by atoms with E-state index < -0.39 is 0 Å². The molecular formula is C16H23BrN2O3. The van der Waals surface area contributed by atoms with Gasteiger partial charge in [0.15, 0.2) is 11.5 Å². The number of unbranched alkanes of at least 4 members (excludes halogenated alkanes) is 1. The number of carbonyl (C=O) groups excluding carboxylic acids is 1. The van der Waals surface area contributed by atoms with Gasteiger partial charge in [-0.2, -0.15) is 5.10 Å². The minimum Gasteiger partial charge on any atom is -0.493 e. The average Bonchev–Trinajstić information content (AvgIpc) is 2.47. The number of carbonyl (C=O) groups is 1. The lowest BCUT2D eigenvalue weighted by Crippen LogP contribution is -2.16. The molecule has 6 heteroatoms. The molecule has 0 bridgehead atoms. The summed E-state index contributed by atoms with van der Waals surface area (Å²) in [6.45, 7) is 5.95. The number of nitrogens with one attached hydrogen (secondary N) is 1. The monoisotopic (exact) mass is 370 g/mol. The summed E-state index contributed by atoms with van der Waals surface area (Å²) < 4.78 is 11.8. The smallest absolute Gasteiger partial charge is 0.240 e. The number of benzene rings is 1. The Balaban J connectivity index is 2.80. The second-order valence-electron chi connectivity index (χ2n) is 5.10. The Hall–Kier alpha value is -1.56. The van der Waals surface area contributed by atoms with Crippen LogP contribution in [-0.2, 0) is 4.79 Å². The number of methoxy groups -OCH3 is 1. The van der Waals surface area contributed by atoms with Crippen LogP contribution >= 0.6 is 15.9 Å². The summed E-state index contributed by atoms with van der Waals surface area (Å²) in [5, 5.41) is 3.96. The Kier molecular flexibility index (Phi) is 7.95. The maximum atomic E-state index is 11.5.